The van der Waals surface area contributed by atoms with E-state index in [1.807, 2.05) is 54.6 Å². The molecule has 6 nitrogen and oxygen atoms in total. The molecule has 2 saturated heterocycles. The second kappa shape index (κ2) is 12.2. The lowest BCUT2D eigenvalue weighted by Gasteiger charge is -2.29. The molecule has 0 radical (unpaired) electrons. The highest BCUT2D eigenvalue weighted by Gasteiger charge is 2.33. The minimum absolute atomic E-state index is 0.00895. The molecule has 3 heterocycles. The average molecular weight is 563 g/mol. The Bertz CT molecular complexity index is 1570. The number of benzene rings is 3. The maximum atomic E-state index is 13.7. The number of thioether (sulfide) groups is 1. The predicted molar refractivity (Wildman–Crippen MR) is 168 cm³/mol. The van der Waals surface area contributed by atoms with Gasteiger partial charge < -0.3 is 14.2 Å². The fraction of sp³-hybridized carbons (Fsp3) is 0.235. The lowest BCUT2D eigenvalue weighted by atomic mass is 10.2. The van der Waals surface area contributed by atoms with Gasteiger partial charge >= 0.3 is 0 Å². The Balaban J connectivity index is 1.28. The topological polar surface area (TPSA) is 50.1 Å². The summed E-state index contributed by atoms with van der Waals surface area (Å²) in [6, 6.07) is 31.1. The molecule has 2 aliphatic rings. The first-order valence-electron chi connectivity index (χ1n) is 14.0. The predicted octanol–water partition coefficient (Wildman–Crippen LogP) is 6.60. The van der Waals surface area contributed by atoms with Crippen molar-refractivity contribution in [3.05, 3.63) is 124 Å². The molecule has 6 rings (SSSR count). The van der Waals surface area contributed by atoms with Crippen LogP contribution in [0, 0.1) is 13.8 Å². The molecule has 7 heteroatoms. The lowest BCUT2D eigenvalue weighted by molar-refractivity contribution is -0.122. The smallest absolute Gasteiger partial charge is 0.267 e. The molecule has 4 aromatic rings. The van der Waals surface area contributed by atoms with Gasteiger partial charge in [-0.3, -0.25) is 14.7 Å². The zero-order valence-corrected chi connectivity index (χ0v) is 24.3. The van der Waals surface area contributed by atoms with Gasteiger partial charge in [0, 0.05) is 35.9 Å². The molecular formula is C34H34N4O2S. The van der Waals surface area contributed by atoms with Crippen LogP contribution in [-0.2, 0) is 22.6 Å². The second-order valence-corrected chi connectivity index (χ2v) is 11.4. The minimum atomic E-state index is -0.00895. The molecule has 2 fully saturated rings. The third kappa shape index (κ3) is 6.01. The highest BCUT2D eigenvalue weighted by molar-refractivity contribution is 8.18. The number of amides is 1. The number of aromatic nitrogens is 1. The van der Waals surface area contributed by atoms with Crippen LogP contribution in [0.15, 0.2) is 101 Å². The molecule has 1 aromatic heterocycles. The van der Waals surface area contributed by atoms with Crippen molar-refractivity contribution in [2.45, 2.75) is 26.9 Å². The van der Waals surface area contributed by atoms with Gasteiger partial charge in [-0.2, -0.15) is 0 Å². The zero-order chi connectivity index (χ0) is 28.2. The van der Waals surface area contributed by atoms with Crippen molar-refractivity contribution in [2.24, 2.45) is 4.99 Å². The lowest BCUT2D eigenvalue weighted by Crippen LogP contribution is -2.36. The third-order valence-corrected chi connectivity index (χ3v) is 8.60. The number of morpholine rings is 1. The van der Waals surface area contributed by atoms with Crippen LogP contribution in [-0.4, -0.2) is 46.8 Å². The van der Waals surface area contributed by atoms with Crippen molar-refractivity contribution in [3.63, 3.8) is 0 Å². The quantitative estimate of drug-likeness (QED) is 0.238. The molecule has 2 aliphatic heterocycles. The highest BCUT2D eigenvalue weighted by Crippen LogP contribution is 2.35. The fourth-order valence-electron chi connectivity index (χ4n) is 5.38. The number of aliphatic imine (C=N–C) groups is 1. The molecule has 0 unspecified atom stereocenters. The van der Waals surface area contributed by atoms with Crippen LogP contribution in [0.4, 0.5) is 5.69 Å². The monoisotopic (exact) mass is 562 g/mol. The normalized spacial score (nSPS) is 17.7. The van der Waals surface area contributed by atoms with Crippen LogP contribution in [0.2, 0.25) is 0 Å². The number of amidine groups is 1. The number of hydrogen-bond acceptors (Lipinski definition) is 5. The Morgan fingerprint density at radius 1 is 0.854 bits per heavy atom. The molecule has 3 aromatic carbocycles. The third-order valence-electron chi connectivity index (χ3n) is 7.55. The Morgan fingerprint density at radius 2 is 1.49 bits per heavy atom. The number of carbonyl (C=O) groups excluding carboxylic acids is 1. The van der Waals surface area contributed by atoms with Gasteiger partial charge in [-0.1, -0.05) is 60.7 Å². The Labute approximate surface area is 246 Å². The SMILES string of the molecule is Cc1cc(/C=C2\SC(=NCc3ccccc3)N(Cc3ccccc3)C2=O)c(C)n1-c1ccc(N2CCOCC2)cc1. The summed E-state index contributed by atoms with van der Waals surface area (Å²) in [5.74, 6) is -0.00895. The van der Waals surface area contributed by atoms with Crippen molar-refractivity contribution in [1.82, 2.24) is 9.47 Å². The molecule has 0 spiro atoms. The van der Waals surface area contributed by atoms with E-state index in [0.717, 1.165) is 65.2 Å². The summed E-state index contributed by atoms with van der Waals surface area (Å²) in [5, 5.41) is 0.737. The van der Waals surface area contributed by atoms with Crippen LogP contribution in [0.25, 0.3) is 11.8 Å². The van der Waals surface area contributed by atoms with Gasteiger partial charge in [-0.25, -0.2) is 0 Å². The van der Waals surface area contributed by atoms with E-state index in [4.69, 9.17) is 9.73 Å². The first-order valence-corrected chi connectivity index (χ1v) is 14.8. The van der Waals surface area contributed by atoms with Crippen LogP contribution >= 0.6 is 11.8 Å². The number of carbonyl (C=O) groups is 1. The summed E-state index contributed by atoms with van der Waals surface area (Å²) in [6.45, 7) is 8.64. The first kappa shape index (κ1) is 27.1. The van der Waals surface area contributed by atoms with E-state index in [-0.39, 0.29) is 5.91 Å². The number of ether oxygens (including phenoxy) is 1. The first-order chi connectivity index (χ1) is 20.1. The second-order valence-electron chi connectivity index (χ2n) is 10.3. The Kier molecular flexibility index (Phi) is 8.07. The highest BCUT2D eigenvalue weighted by atomic mass is 32.2. The number of rotatable bonds is 7. The van der Waals surface area contributed by atoms with E-state index in [1.54, 1.807) is 4.90 Å². The largest absolute Gasteiger partial charge is 0.378 e. The number of aryl methyl sites for hydroxylation is 1. The van der Waals surface area contributed by atoms with E-state index >= 15 is 0 Å². The summed E-state index contributed by atoms with van der Waals surface area (Å²) < 4.78 is 7.76. The van der Waals surface area contributed by atoms with Crippen LogP contribution in [0.1, 0.15) is 28.1 Å². The van der Waals surface area contributed by atoms with Gasteiger partial charge in [-0.05, 0) is 78.7 Å². The van der Waals surface area contributed by atoms with Gasteiger partial charge in [0.05, 0.1) is 31.2 Å². The van der Waals surface area contributed by atoms with Crippen molar-refractivity contribution >= 4 is 34.6 Å². The number of nitrogens with zero attached hydrogens (tertiary/aromatic N) is 4. The molecule has 0 atom stereocenters. The van der Waals surface area contributed by atoms with Gasteiger partial charge in [0.2, 0.25) is 0 Å². The van der Waals surface area contributed by atoms with Crippen molar-refractivity contribution in [2.75, 3.05) is 31.2 Å². The maximum Gasteiger partial charge on any atom is 0.267 e. The number of hydrogen-bond donors (Lipinski definition) is 0. The van der Waals surface area contributed by atoms with Gasteiger partial charge in [0.1, 0.15) is 0 Å². The van der Waals surface area contributed by atoms with E-state index in [1.165, 1.54) is 17.4 Å². The molecular weight excluding hydrogens is 528 g/mol. The molecule has 0 bridgehead atoms. The average Bonchev–Trinajstić information content (AvgIpc) is 3.46. The minimum Gasteiger partial charge on any atom is -0.378 e. The maximum absolute atomic E-state index is 13.7. The van der Waals surface area contributed by atoms with E-state index in [2.05, 4.69) is 65.8 Å². The van der Waals surface area contributed by atoms with Crippen molar-refractivity contribution in [1.29, 1.82) is 0 Å². The van der Waals surface area contributed by atoms with Gasteiger partial charge in [0.25, 0.3) is 5.91 Å². The standard InChI is InChI=1S/C34H34N4O2S/c1-25-21-29(26(2)38(25)31-15-13-30(14-16-31)36-17-19-40-20-18-36)22-32-33(39)37(24-28-11-7-4-8-12-28)34(41-32)35-23-27-9-5-3-6-10-27/h3-16,21-22H,17-20,23-24H2,1-2H3/b32-22-,35-34?. The fourth-order valence-corrected chi connectivity index (χ4v) is 6.35. The summed E-state index contributed by atoms with van der Waals surface area (Å²) >= 11 is 1.46. The summed E-state index contributed by atoms with van der Waals surface area (Å²) in [5.41, 5.74) is 7.80. The Morgan fingerprint density at radius 3 is 2.17 bits per heavy atom. The van der Waals surface area contributed by atoms with Crippen LogP contribution in [0.5, 0.6) is 0 Å². The van der Waals surface area contributed by atoms with E-state index < -0.39 is 0 Å². The molecule has 208 valence electrons. The van der Waals surface area contributed by atoms with Gasteiger partial charge in [-0.15, -0.1) is 0 Å². The molecule has 1 amide bonds. The van der Waals surface area contributed by atoms with Crippen LogP contribution in [0.3, 0.4) is 0 Å². The van der Waals surface area contributed by atoms with E-state index in [9.17, 15) is 4.79 Å². The summed E-state index contributed by atoms with van der Waals surface area (Å²) in [4.78, 5) is 23.5. The van der Waals surface area contributed by atoms with Crippen molar-refractivity contribution in [3.8, 4) is 5.69 Å². The summed E-state index contributed by atoms with van der Waals surface area (Å²) in [7, 11) is 0. The Hall–Kier alpha value is -4.07. The van der Waals surface area contributed by atoms with E-state index in [0.29, 0.717) is 18.0 Å². The molecule has 0 N–H and O–H groups in total. The molecule has 0 aliphatic carbocycles. The zero-order valence-electron chi connectivity index (χ0n) is 23.5. The molecule has 0 saturated carbocycles. The summed E-state index contributed by atoms with van der Waals surface area (Å²) in [6.07, 6.45) is 2.02. The van der Waals surface area contributed by atoms with Crippen LogP contribution < -0.4 is 4.90 Å². The number of anilines is 1. The van der Waals surface area contributed by atoms with Crippen molar-refractivity contribution < 1.29 is 9.53 Å². The molecule has 41 heavy (non-hydrogen) atoms. The van der Waals surface area contributed by atoms with Gasteiger partial charge in [0.15, 0.2) is 5.17 Å².